The number of ether oxygens (including phenoxy) is 1. The van der Waals surface area contributed by atoms with Gasteiger partial charge in [-0.25, -0.2) is 4.79 Å². The van der Waals surface area contributed by atoms with Crippen LogP contribution in [0, 0.1) is 0 Å². The molecule has 96 valence electrons. The Balaban J connectivity index is 1.79. The van der Waals surface area contributed by atoms with Crippen molar-refractivity contribution in [3.05, 3.63) is 0 Å². The summed E-state index contributed by atoms with van der Waals surface area (Å²) in [7, 11) is 0. The molecule has 0 atom stereocenters. The van der Waals surface area contributed by atoms with E-state index in [9.17, 15) is 9.59 Å². The molecule has 0 aromatic heterocycles. The zero-order chi connectivity index (χ0) is 12.1. The smallest absolute Gasteiger partial charge is 0.320 e. The fraction of sp³-hybridized carbons (Fsp3) is 0.800. The van der Waals surface area contributed by atoms with Crippen molar-refractivity contribution >= 4 is 12.5 Å². The van der Waals surface area contributed by atoms with Crippen LogP contribution in [0.4, 0.5) is 4.79 Å². The molecule has 7 nitrogen and oxygen atoms in total. The summed E-state index contributed by atoms with van der Waals surface area (Å²) in [5.41, 5.74) is 0. The van der Waals surface area contributed by atoms with Gasteiger partial charge in [0.25, 0.3) is 0 Å². The standard InChI is InChI=1S/C10H17N3O4/c14-9-17-13-3-1-11(2-4-13)10(15)12-5-7-16-8-6-12/h9H,1-8H2. The number of rotatable bonds is 2. The van der Waals surface area contributed by atoms with E-state index in [1.54, 1.807) is 14.9 Å². The molecule has 7 heteroatoms. The second kappa shape index (κ2) is 5.83. The van der Waals surface area contributed by atoms with Gasteiger partial charge in [-0.15, -0.1) is 5.06 Å². The Morgan fingerprint density at radius 1 is 1.00 bits per heavy atom. The number of hydrogen-bond donors (Lipinski definition) is 0. The summed E-state index contributed by atoms with van der Waals surface area (Å²) in [5.74, 6) is 0. The lowest BCUT2D eigenvalue weighted by atomic mass is 10.3. The topological polar surface area (TPSA) is 62.3 Å². The molecule has 0 aromatic rings. The first kappa shape index (κ1) is 12.1. The Morgan fingerprint density at radius 2 is 1.59 bits per heavy atom. The lowest BCUT2D eigenvalue weighted by Gasteiger charge is -2.37. The first-order valence-corrected chi connectivity index (χ1v) is 5.78. The molecule has 0 bridgehead atoms. The Kier molecular flexibility index (Phi) is 4.16. The van der Waals surface area contributed by atoms with Crippen molar-refractivity contribution in [2.45, 2.75) is 0 Å². The molecule has 2 aliphatic heterocycles. The van der Waals surface area contributed by atoms with Gasteiger partial charge in [0.15, 0.2) is 0 Å². The van der Waals surface area contributed by atoms with Gasteiger partial charge in [0.05, 0.1) is 26.3 Å². The average molecular weight is 243 g/mol. The Morgan fingerprint density at radius 3 is 2.18 bits per heavy atom. The van der Waals surface area contributed by atoms with Gasteiger partial charge in [0.1, 0.15) is 0 Å². The van der Waals surface area contributed by atoms with Crippen LogP contribution in [-0.2, 0) is 14.4 Å². The first-order valence-electron chi connectivity index (χ1n) is 5.78. The minimum absolute atomic E-state index is 0.0547. The molecule has 2 saturated heterocycles. The van der Waals surface area contributed by atoms with E-state index in [4.69, 9.17) is 9.57 Å². The summed E-state index contributed by atoms with van der Waals surface area (Å²) in [4.78, 5) is 30.6. The molecule has 2 heterocycles. The van der Waals surface area contributed by atoms with E-state index in [1.165, 1.54) is 0 Å². The van der Waals surface area contributed by atoms with Crippen molar-refractivity contribution in [2.24, 2.45) is 0 Å². The number of piperazine rings is 1. The van der Waals surface area contributed by atoms with Gasteiger partial charge in [-0.3, -0.25) is 4.79 Å². The Hall–Kier alpha value is -1.34. The second-order valence-corrected chi connectivity index (χ2v) is 4.00. The van der Waals surface area contributed by atoms with Crippen LogP contribution in [0.2, 0.25) is 0 Å². The number of hydroxylamine groups is 2. The average Bonchev–Trinajstić information content (AvgIpc) is 2.40. The summed E-state index contributed by atoms with van der Waals surface area (Å²) in [6, 6.07) is 0.0547. The molecule has 17 heavy (non-hydrogen) atoms. The van der Waals surface area contributed by atoms with Crippen LogP contribution in [0.1, 0.15) is 0 Å². The number of carbonyl (C=O) groups is 2. The summed E-state index contributed by atoms with van der Waals surface area (Å²) in [5, 5.41) is 1.57. The zero-order valence-electron chi connectivity index (χ0n) is 9.71. The molecule has 0 aromatic carbocycles. The monoisotopic (exact) mass is 243 g/mol. The van der Waals surface area contributed by atoms with E-state index in [2.05, 4.69) is 0 Å². The number of morpholine rings is 1. The van der Waals surface area contributed by atoms with E-state index in [-0.39, 0.29) is 6.03 Å². The van der Waals surface area contributed by atoms with Crippen molar-refractivity contribution in [3.8, 4) is 0 Å². The molecule has 0 unspecified atom stereocenters. The molecule has 0 aliphatic carbocycles. The van der Waals surface area contributed by atoms with Crippen molar-refractivity contribution in [2.75, 3.05) is 52.5 Å². The van der Waals surface area contributed by atoms with Crippen LogP contribution >= 0.6 is 0 Å². The fourth-order valence-corrected chi connectivity index (χ4v) is 2.00. The van der Waals surface area contributed by atoms with Crippen LogP contribution in [0.15, 0.2) is 0 Å². The molecular formula is C10H17N3O4. The van der Waals surface area contributed by atoms with E-state index in [1.807, 2.05) is 0 Å². The predicted octanol–water partition coefficient (Wildman–Crippen LogP) is -0.856. The van der Waals surface area contributed by atoms with Gasteiger partial charge in [0.2, 0.25) is 0 Å². The molecule has 2 rings (SSSR count). The van der Waals surface area contributed by atoms with E-state index in [0.717, 1.165) is 0 Å². The maximum atomic E-state index is 12.1. The lowest BCUT2D eigenvalue weighted by Crippen LogP contribution is -2.54. The third kappa shape index (κ3) is 3.07. The zero-order valence-corrected chi connectivity index (χ0v) is 9.71. The van der Waals surface area contributed by atoms with Crippen LogP contribution < -0.4 is 0 Å². The minimum Gasteiger partial charge on any atom is -0.378 e. The normalized spacial score (nSPS) is 22.4. The number of carbonyl (C=O) groups excluding carboxylic acids is 2. The van der Waals surface area contributed by atoms with Crippen molar-refractivity contribution in [1.82, 2.24) is 14.9 Å². The van der Waals surface area contributed by atoms with Crippen LogP contribution in [0.3, 0.4) is 0 Å². The fourth-order valence-electron chi connectivity index (χ4n) is 2.00. The van der Waals surface area contributed by atoms with Gasteiger partial charge < -0.3 is 19.4 Å². The highest BCUT2D eigenvalue weighted by Crippen LogP contribution is 2.07. The third-order valence-corrected chi connectivity index (χ3v) is 2.98. The van der Waals surface area contributed by atoms with Gasteiger partial charge in [0, 0.05) is 26.2 Å². The second-order valence-electron chi connectivity index (χ2n) is 4.00. The molecule has 2 aliphatic rings. The van der Waals surface area contributed by atoms with Crippen molar-refractivity contribution in [3.63, 3.8) is 0 Å². The Labute approximate surface area is 99.8 Å². The highest BCUT2D eigenvalue weighted by atomic mass is 16.7. The van der Waals surface area contributed by atoms with E-state index in [0.29, 0.717) is 59.0 Å². The maximum absolute atomic E-state index is 12.1. The molecule has 0 radical (unpaired) electrons. The van der Waals surface area contributed by atoms with Gasteiger partial charge in [-0.05, 0) is 0 Å². The van der Waals surface area contributed by atoms with E-state index < -0.39 is 0 Å². The third-order valence-electron chi connectivity index (χ3n) is 2.98. The van der Waals surface area contributed by atoms with Crippen LogP contribution in [0.25, 0.3) is 0 Å². The highest BCUT2D eigenvalue weighted by molar-refractivity contribution is 5.74. The quantitative estimate of drug-likeness (QED) is 0.591. The van der Waals surface area contributed by atoms with Crippen molar-refractivity contribution in [1.29, 1.82) is 0 Å². The summed E-state index contributed by atoms with van der Waals surface area (Å²) in [6.45, 7) is 5.25. The number of urea groups is 1. The highest BCUT2D eigenvalue weighted by Gasteiger charge is 2.26. The SMILES string of the molecule is O=CON1CCN(C(=O)N2CCOCC2)CC1. The molecule has 2 fully saturated rings. The largest absolute Gasteiger partial charge is 0.378 e. The number of nitrogens with zero attached hydrogens (tertiary/aromatic N) is 3. The number of amides is 2. The molecule has 0 spiro atoms. The van der Waals surface area contributed by atoms with Crippen LogP contribution in [-0.4, -0.2) is 79.8 Å². The number of hydrogen-bond acceptors (Lipinski definition) is 5. The predicted molar refractivity (Wildman–Crippen MR) is 58.1 cm³/mol. The first-order chi connectivity index (χ1) is 8.31. The summed E-state index contributed by atoms with van der Waals surface area (Å²) >= 11 is 0. The van der Waals surface area contributed by atoms with E-state index >= 15 is 0 Å². The van der Waals surface area contributed by atoms with Crippen molar-refractivity contribution < 1.29 is 19.2 Å². The van der Waals surface area contributed by atoms with Gasteiger partial charge >= 0.3 is 12.5 Å². The van der Waals surface area contributed by atoms with Gasteiger partial charge in [-0.2, -0.15) is 0 Å². The van der Waals surface area contributed by atoms with Crippen LogP contribution in [0.5, 0.6) is 0 Å². The summed E-state index contributed by atoms with van der Waals surface area (Å²) < 4.78 is 5.21. The molecule has 0 N–H and O–H groups in total. The summed E-state index contributed by atoms with van der Waals surface area (Å²) in [6.07, 6.45) is 0. The molecular weight excluding hydrogens is 226 g/mol. The van der Waals surface area contributed by atoms with Gasteiger partial charge in [-0.1, -0.05) is 0 Å². The molecule has 0 saturated carbocycles. The maximum Gasteiger partial charge on any atom is 0.320 e. The molecule has 2 amide bonds. The minimum atomic E-state index is 0.0547. The lowest BCUT2D eigenvalue weighted by molar-refractivity contribution is -0.179. The Bertz CT molecular complexity index is 273.